The third-order valence-electron chi connectivity index (χ3n) is 4.65. The van der Waals surface area contributed by atoms with Crippen LogP contribution in [0.25, 0.3) is 0 Å². The Morgan fingerprint density at radius 2 is 2.05 bits per heavy atom. The molecule has 1 aromatic carbocycles. The van der Waals surface area contributed by atoms with Crippen molar-refractivity contribution in [1.82, 2.24) is 5.32 Å². The van der Waals surface area contributed by atoms with Crippen LogP contribution in [0.5, 0.6) is 0 Å². The monoisotopic (exact) mass is 276 g/mol. The summed E-state index contributed by atoms with van der Waals surface area (Å²) in [6.07, 6.45) is 3.76. The van der Waals surface area contributed by atoms with Crippen molar-refractivity contribution < 1.29 is 4.39 Å². The minimum absolute atomic E-state index is 0.108. The zero-order valence-electron chi connectivity index (χ0n) is 12.5. The normalized spacial score (nSPS) is 22.8. The highest BCUT2D eigenvalue weighted by molar-refractivity contribution is 5.50. The molecule has 1 atom stereocenters. The van der Waals surface area contributed by atoms with Gasteiger partial charge < -0.3 is 10.2 Å². The molecule has 0 radical (unpaired) electrons. The average molecular weight is 276 g/mol. The summed E-state index contributed by atoms with van der Waals surface area (Å²) in [5.41, 5.74) is 2.13. The second kappa shape index (κ2) is 5.72. The maximum Gasteiger partial charge on any atom is 0.125 e. The molecule has 0 aromatic heterocycles. The standard InChI is InChI=1S/C17H25FN2/c1-12(2)14-5-6-20(11-14)17-8-13(7-15(18)9-17)10-19-16-3-4-16/h7-9,12,14,16,19H,3-6,10-11H2,1-2H3. The molecule has 1 aromatic rings. The zero-order valence-corrected chi connectivity index (χ0v) is 12.5. The fraction of sp³-hybridized carbons (Fsp3) is 0.647. The van der Waals surface area contributed by atoms with Crippen LogP contribution in [0.1, 0.15) is 38.7 Å². The highest BCUT2D eigenvalue weighted by Gasteiger charge is 2.25. The van der Waals surface area contributed by atoms with E-state index in [2.05, 4.69) is 30.1 Å². The van der Waals surface area contributed by atoms with Crippen molar-refractivity contribution in [3.8, 4) is 0 Å². The van der Waals surface area contributed by atoms with Gasteiger partial charge in [-0.15, -0.1) is 0 Å². The van der Waals surface area contributed by atoms with E-state index in [9.17, 15) is 4.39 Å². The van der Waals surface area contributed by atoms with Crippen LogP contribution >= 0.6 is 0 Å². The molecule has 2 aliphatic rings. The third kappa shape index (κ3) is 3.32. The molecule has 1 saturated carbocycles. The molecule has 110 valence electrons. The summed E-state index contributed by atoms with van der Waals surface area (Å²) in [4.78, 5) is 2.34. The molecule has 1 unspecified atom stereocenters. The molecular weight excluding hydrogens is 251 g/mol. The van der Waals surface area contributed by atoms with Gasteiger partial charge in [0.05, 0.1) is 0 Å². The van der Waals surface area contributed by atoms with E-state index in [0.717, 1.165) is 36.8 Å². The number of rotatable bonds is 5. The van der Waals surface area contributed by atoms with E-state index < -0.39 is 0 Å². The SMILES string of the molecule is CC(C)C1CCN(c2cc(F)cc(CNC3CC3)c2)C1. The van der Waals surface area contributed by atoms with Crippen LogP contribution in [0.4, 0.5) is 10.1 Å². The molecule has 20 heavy (non-hydrogen) atoms. The van der Waals surface area contributed by atoms with Crippen molar-refractivity contribution in [3.63, 3.8) is 0 Å². The molecule has 1 aliphatic carbocycles. The number of hydrogen-bond donors (Lipinski definition) is 1. The highest BCUT2D eigenvalue weighted by atomic mass is 19.1. The summed E-state index contributed by atoms with van der Waals surface area (Å²) >= 11 is 0. The van der Waals surface area contributed by atoms with Crippen molar-refractivity contribution in [2.75, 3.05) is 18.0 Å². The summed E-state index contributed by atoms with van der Waals surface area (Å²) in [6, 6.07) is 6.16. The molecule has 1 aliphatic heterocycles. The summed E-state index contributed by atoms with van der Waals surface area (Å²) < 4.78 is 13.8. The molecule has 3 rings (SSSR count). The van der Waals surface area contributed by atoms with E-state index >= 15 is 0 Å². The van der Waals surface area contributed by atoms with Gasteiger partial charge in [0.1, 0.15) is 5.82 Å². The first kappa shape index (κ1) is 13.9. The van der Waals surface area contributed by atoms with Gasteiger partial charge in [0.25, 0.3) is 0 Å². The molecule has 1 N–H and O–H groups in total. The van der Waals surface area contributed by atoms with Crippen LogP contribution in [0.2, 0.25) is 0 Å². The van der Waals surface area contributed by atoms with Crippen molar-refractivity contribution >= 4 is 5.69 Å². The van der Waals surface area contributed by atoms with E-state index in [1.807, 2.05) is 0 Å². The van der Waals surface area contributed by atoms with E-state index in [-0.39, 0.29) is 5.82 Å². The van der Waals surface area contributed by atoms with Crippen LogP contribution in [0.3, 0.4) is 0 Å². The van der Waals surface area contributed by atoms with Gasteiger partial charge in [-0.1, -0.05) is 13.8 Å². The topological polar surface area (TPSA) is 15.3 Å². The maximum atomic E-state index is 13.8. The molecule has 2 fully saturated rings. The number of halogens is 1. The number of nitrogens with one attached hydrogen (secondary N) is 1. The predicted octanol–water partition coefficient (Wildman–Crippen LogP) is 3.56. The van der Waals surface area contributed by atoms with Crippen molar-refractivity contribution in [1.29, 1.82) is 0 Å². The smallest absolute Gasteiger partial charge is 0.125 e. The van der Waals surface area contributed by atoms with E-state index in [0.29, 0.717) is 12.0 Å². The molecule has 2 nitrogen and oxygen atoms in total. The Morgan fingerprint density at radius 3 is 2.70 bits per heavy atom. The van der Waals surface area contributed by atoms with E-state index in [4.69, 9.17) is 0 Å². The largest absolute Gasteiger partial charge is 0.371 e. The predicted molar refractivity (Wildman–Crippen MR) is 81.4 cm³/mol. The second-order valence-electron chi connectivity index (χ2n) is 6.71. The number of benzene rings is 1. The van der Waals surface area contributed by atoms with Gasteiger partial charge in [0.2, 0.25) is 0 Å². The number of nitrogens with zero attached hydrogens (tertiary/aromatic N) is 1. The molecule has 1 heterocycles. The summed E-state index contributed by atoms with van der Waals surface area (Å²) in [7, 11) is 0. The quantitative estimate of drug-likeness (QED) is 0.884. The Morgan fingerprint density at radius 1 is 1.25 bits per heavy atom. The summed E-state index contributed by atoms with van der Waals surface area (Å²) in [6.45, 7) is 7.48. The summed E-state index contributed by atoms with van der Waals surface area (Å²) in [5, 5.41) is 3.46. The fourth-order valence-electron chi connectivity index (χ4n) is 3.03. The first-order valence-electron chi connectivity index (χ1n) is 7.89. The Kier molecular flexibility index (Phi) is 3.97. The van der Waals surface area contributed by atoms with Crippen LogP contribution < -0.4 is 10.2 Å². The Hall–Kier alpha value is -1.09. The lowest BCUT2D eigenvalue weighted by atomic mass is 9.95. The van der Waals surface area contributed by atoms with Crippen LogP contribution in [0, 0.1) is 17.7 Å². The van der Waals surface area contributed by atoms with Crippen molar-refractivity contribution in [2.45, 2.75) is 45.7 Å². The number of hydrogen-bond acceptors (Lipinski definition) is 2. The summed E-state index contributed by atoms with van der Waals surface area (Å²) in [5.74, 6) is 1.35. The minimum atomic E-state index is -0.108. The van der Waals surface area contributed by atoms with Gasteiger partial charge in [-0.25, -0.2) is 4.39 Å². The maximum absolute atomic E-state index is 13.8. The zero-order chi connectivity index (χ0) is 14.1. The lowest BCUT2D eigenvalue weighted by molar-refractivity contribution is 0.422. The van der Waals surface area contributed by atoms with Gasteiger partial charge in [-0.05, 0) is 54.9 Å². The molecular formula is C17H25FN2. The average Bonchev–Trinajstić information content (AvgIpc) is 3.09. The Bertz CT molecular complexity index is 468. The van der Waals surface area contributed by atoms with Crippen LogP contribution in [-0.2, 0) is 6.54 Å². The fourth-order valence-corrected chi connectivity index (χ4v) is 3.03. The number of anilines is 1. The first-order valence-corrected chi connectivity index (χ1v) is 7.89. The first-order chi connectivity index (χ1) is 9.61. The molecule has 0 spiro atoms. The van der Waals surface area contributed by atoms with Crippen LogP contribution in [0.15, 0.2) is 18.2 Å². The second-order valence-corrected chi connectivity index (χ2v) is 6.71. The van der Waals surface area contributed by atoms with E-state index in [1.165, 1.54) is 19.3 Å². The van der Waals surface area contributed by atoms with Gasteiger partial charge in [-0.2, -0.15) is 0 Å². The van der Waals surface area contributed by atoms with Gasteiger partial charge in [0, 0.05) is 31.4 Å². The molecule has 3 heteroatoms. The third-order valence-corrected chi connectivity index (χ3v) is 4.65. The molecule has 1 saturated heterocycles. The van der Waals surface area contributed by atoms with E-state index in [1.54, 1.807) is 12.1 Å². The molecule has 0 amide bonds. The highest BCUT2D eigenvalue weighted by Crippen LogP contribution is 2.29. The van der Waals surface area contributed by atoms with Crippen LogP contribution in [-0.4, -0.2) is 19.1 Å². The lowest BCUT2D eigenvalue weighted by Gasteiger charge is -2.21. The van der Waals surface area contributed by atoms with Gasteiger partial charge in [0.15, 0.2) is 0 Å². The Balaban J connectivity index is 1.68. The Labute approximate surface area is 121 Å². The van der Waals surface area contributed by atoms with Crippen molar-refractivity contribution in [2.24, 2.45) is 11.8 Å². The van der Waals surface area contributed by atoms with Crippen molar-refractivity contribution in [3.05, 3.63) is 29.6 Å². The lowest BCUT2D eigenvalue weighted by Crippen LogP contribution is -2.22. The van der Waals surface area contributed by atoms with Gasteiger partial charge in [-0.3, -0.25) is 0 Å². The molecule has 0 bridgehead atoms. The van der Waals surface area contributed by atoms with Gasteiger partial charge >= 0.3 is 0 Å². The minimum Gasteiger partial charge on any atom is -0.371 e.